The van der Waals surface area contributed by atoms with Crippen molar-refractivity contribution in [3.05, 3.63) is 57.3 Å². The number of carboxylic acid groups (broad SMARTS) is 1. The van der Waals surface area contributed by atoms with Gasteiger partial charge in [-0.3, -0.25) is 10.1 Å². The number of nitrogens with one attached hydrogen (secondary N) is 1. The summed E-state index contributed by atoms with van der Waals surface area (Å²) in [4.78, 5) is 21.0. The van der Waals surface area contributed by atoms with Gasteiger partial charge < -0.3 is 14.8 Å². The van der Waals surface area contributed by atoms with Crippen molar-refractivity contribution in [1.29, 1.82) is 0 Å². The standard InChI is InChI=1S/C13H11FN2O5/c1-7-10(13(17)18)5-9(21-7)6-15-11-3-2-8(14)4-12(11)16(19)20/h2-5,15H,6H2,1H3,(H,17,18). The Bertz CT molecular complexity index is 711. The van der Waals surface area contributed by atoms with Crippen molar-refractivity contribution < 1.29 is 23.6 Å². The van der Waals surface area contributed by atoms with Gasteiger partial charge in [-0.25, -0.2) is 9.18 Å². The van der Waals surface area contributed by atoms with Gasteiger partial charge in [-0.1, -0.05) is 0 Å². The molecule has 7 nitrogen and oxygen atoms in total. The van der Waals surface area contributed by atoms with Crippen LogP contribution in [0.2, 0.25) is 0 Å². The van der Waals surface area contributed by atoms with Crippen molar-refractivity contribution >= 4 is 17.3 Å². The molecular weight excluding hydrogens is 283 g/mol. The molecule has 0 radical (unpaired) electrons. The fraction of sp³-hybridized carbons (Fsp3) is 0.154. The number of carboxylic acids is 1. The molecule has 0 amide bonds. The topological polar surface area (TPSA) is 106 Å². The number of hydrogen-bond donors (Lipinski definition) is 2. The highest BCUT2D eigenvalue weighted by Gasteiger charge is 2.17. The van der Waals surface area contributed by atoms with Crippen LogP contribution in [0.25, 0.3) is 0 Å². The number of nitro benzene ring substituents is 1. The Labute approximate surface area is 118 Å². The Morgan fingerprint density at radius 2 is 2.19 bits per heavy atom. The van der Waals surface area contributed by atoms with Gasteiger partial charge in [0, 0.05) is 0 Å². The van der Waals surface area contributed by atoms with Crippen LogP contribution < -0.4 is 5.32 Å². The zero-order chi connectivity index (χ0) is 15.6. The molecule has 0 fully saturated rings. The predicted octanol–water partition coefficient (Wildman–Crippen LogP) is 2.95. The van der Waals surface area contributed by atoms with Crippen LogP contribution in [-0.4, -0.2) is 16.0 Å². The van der Waals surface area contributed by atoms with Crippen LogP contribution in [0.5, 0.6) is 0 Å². The van der Waals surface area contributed by atoms with E-state index in [0.29, 0.717) is 5.76 Å². The lowest BCUT2D eigenvalue weighted by atomic mass is 10.2. The molecule has 1 heterocycles. The quantitative estimate of drug-likeness (QED) is 0.648. The molecule has 0 aliphatic rings. The summed E-state index contributed by atoms with van der Waals surface area (Å²) in [6, 6.07) is 4.46. The minimum Gasteiger partial charge on any atom is -0.478 e. The summed E-state index contributed by atoms with van der Waals surface area (Å²) in [5.74, 6) is -1.28. The first-order chi connectivity index (χ1) is 9.88. The summed E-state index contributed by atoms with van der Waals surface area (Å²) >= 11 is 0. The molecule has 0 atom stereocenters. The highest BCUT2D eigenvalue weighted by Crippen LogP contribution is 2.26. The molecule has 21 heavy (non-hydrogen) atoms. The van der Waals surface area contributed by atoms with Crippen molar-refractivity contribution in [2.75, 3.05) is 5.32 Å². The van der Waals surface area contributed by atoms with Gasteiger partial charge in [-0.2, -0.15) is 0 Å². The summed E-state index contributed by atoms with van der Waals surface area (Å²) < 4.78 is 18.2. The molecule has 0 spiro atoms. The maximum absolute atomic E-state index is 13.0. The first-order valence-electron chi connectivity index (χ1n) is 5.89. The minimum absolute atomic E-state index is 0.0282. The van der Waals surface area contributed by atoms with Gasteiger partial charge in [0.2, 0.25) is 0 Å². The summed E-state index contributed by atoms with van der Waals surface area (Å²) in [6.07, 6.45) is 0. The maximum atomic E-state index is 13.0. The van der Waals surface area contributed by atoms with Crippen molar-refractivity contribution in [3.63, 3.8) is 0 Å². The zero-order valence-corrected chi connectivity index (χ0v) is 10.9. The molecule has 0 saturated heterocycles. The van der Waals surface area contributed by atoms with E-state index in [9.17, 15) is 19.3 Å². The second-order valence-corrected chi connectivity index (χ2v) is 4.26. The molecule has 8 heteroatoms. The van der Waals surface area contributed by atoms with Crippen molar-refractivity contribution in [1.82, 2.24) is 0 Å². The van der Waals surface area contributed by atoms with Gasteiger partial charge in [0.05, 0.1) is 17.5 Å². The van der Waals surface area contributed by atoms with E-state index in [4.69, 9.17) is 9.52 Å². The number of aryl methyl sites for hydroxylation is 1. The molecule has 2 N–H and O–H groups in total. The fourth-order valence-electron chi connectivity index (χ4n) is 1.83. The van der Waals surface area contributed by atoms with E-state index in [1.54, 1.807) is 0 Å². The van der Waals surface area contributed by atoms with E-state index < -0.39 is 22.4 Å². The van der Waals surface area contributed by atoms with E-state index in [0.717, 1.165) is 12.1 Å². The normalized spacial score (nSPS) is 10.4. The van der Waals surface area contributed by atoms with Crippen LogP contribution in [0.15, 0.2) is 28.7 Å². The van der Waals surface area contributed by atoms with E-state index in [1.165, 1.54) is 19.1 Å². The Hall–Kier alpha value is -2.90. The van der Waals surface area contributed by atoms with Crippen LogP contribution in [0, 0.1) is 22.9 Å². The zero-order valence-electron chi connectivity index (χ0n) is 10.9. The largest absolute Gasteiger partial charge is 0.478 e. The number of carbonyl (C=O) groups is 1. The summed E-state index contributed by atoms with van der Waals surface area (Å²) in [5.41, 5.74) is -0.260. The lowest BCUT2D eigenvalue weighted by Crippen LogP contribution is -2.02. The minimum atomic E-state index is -1.12. The summed E-state index contributed by atoms with van der Waals surface area (Å²) in [6.45, 7) is 1.55. The molecule has 0 unspecified atom stereocenters. The van der Waals surface area contributed by atoms with Crippen LogP contribution in [0.4, 0.5) is 15.8 Å². The number of nitrogens with zero attached hydrogens (tertiary/aromatic N) is 1. The molecular formula is C13H11FN2O5. The van der Waals surface area contributed by atoms with E-state index in [-0.39, 0.29) is 23.6 Å². The van der Waals surface area contributed by atoms with Crippen LogP contribution in [0.3, 0.4) is 0 Å². The Morgan fingerprint density at radius 3 is 2.76 bits per heavy atom. The molecule has 0 aliphatic carbocycles. The number of aromatic carboxylic acids is 1. The second-order valence-electron chi connectivity index (χ2n) is 4.26. The monoisotopic (exact) mass is 294 g/mol. The lowest BCUT2D eigenvalue weighted by molar-refractivity contribution is -0.384. The number of furan rings is 1. The van der Waals surface area contributed by atoms with Crippen LogP contribution in [-0.2, 0) is 6.54 Å². The molecule has 1 aromatic carbocycles. The van der Waals surface area contributed by atoms with Crippen LogP contribution in [0.1, 0.15) is 21.9 Å². The van der Waals surface area contributed by atoms with Crippen molar-refractivity contribution in [2.24, 2.45) is 0 Å². The SMILES string of the molecule is Cc1oc(CNc2ccc(F)cc2[N+](=O)[O-])cc1C(=O)O. The highest BCUT2D eigenvalue weighted by atomic mass is 19.1. The molecule has 1 aromatic heterocycles. The Kier molecular flexibility index (Phi) is 3.88. The molecule has 0 bridgehead atoms. The van der Waals surface area contributed by atoms with Crippen molar-refractivity contribution in [2.45, 2.75) is 13.5 Å². The first kappa shape index (κ1) is 14.5. The molecule has 110 valence electrons. The maximum Gasteiger partial charge on any atom is 0.339 e. The fourth-order valence-corrected chi connectivity index (χ4v) is 1.83. The van der Waals surface area contributed by atoms with Gasteiger partial charge in [0.1, 0.15) is 28.6 Å². The summed E-state index contributed by atoms with van der Waals surface area (Å²) in [5, 5.41) is 22.5. The lowest BCUT2D eigenvalue weighted by Gasteiger charge is -2.05. The van der Waals surface area contributed by atoms with Gasteiger partial charge in [-0.15, -0.1) is 0 Å². The number of hydrogen-bond acceptors (Lipinski definition) is 5. The average molecular weight is 294 g/mol. The van der Waals surface area contributed by atoms with E-state index >= 15 is 0 Å². The number of halogens is 1. The van der Waals surface area contributed by atoms with Gasteiger partial charge >= 0.3 is 5.97 Å². The molecule has 2 aromatic rings. The van der Waals surface area contributed by atoms with Crippen molar-refractivity contribution in [3.8, 4) is 0 Å². The predicted molar refractivity (Wildman–Crippen MR) is 70.8 cm³/mol. The second kappa shape index (κ2) is 5.61. The number of anilines is 1. The van der Waals surface area contributed by atoms with E-state index in [2.05, 4.69) is 5.32 Å². The third-order valence-corrected chi connectivity index (χ3v) is 2.81. The number of nitro groups is 1. The Balaban J connectivity index is 2.19. The third kappa shape index (κ3) is 3.16. The average Bonchev–Trinajstić information content (AvgIpc) is 2.78. The summed E-state index contributed by atoms with van der Waals surface area (Å²) in [7, 11) is 0. The molecule has 0 saturated carbocycles. The van der Waals surface area contributed by atoms with Gasteiger partial charge in [0.15, 0.2) is 0 Å². The smallest absolute Gasteiger partial charge is 0.339 e. The first-order valence-corrected chi connectivity index (χ1v) is 5.89. The van der Waals surface area contributed by atoms with Crippen LogP contribution >= 0.6 is 0 Å². The van der Waals surface area contributed by atoms with Gasteiger partial charge in [-0.05, 0) is 25.1 Å². The van der Waals surface area contributed by atoms with E-state index in [1.807, 2.05) is 0 Å². The van der Waals surface area contributed by atoms with Gasteiger partial charge in [0.25, 0.3) is 5.69 Å². The Morgan fingerprint density at radius 1 is 1.48 bits per heavy atom. The molecule has 2 rings (SSSR count). The highest BCUT2D eigenvalue weighted by molar-refractivity contribution is 5.88. The number of benzene rings is 1. The number of rotatable bonds is 5. The molecule has 0 aliphatic heterocycles. The third-order valence-electron chi connectivity index (χ3n) is 2.81.